The van der Waals surface area contributed by atoms with Gasteiger partial charge in [-0.1, -0.05) is 0 Å². The van der Waals surface area contributed by atoms with Gasteiger partial charge in [-0.2, -0.15) is 0 Å². The molecule has 4 N–H and O–H groups in total. The van der Waals surface area contributed by atoms with E-state index in [-0.39, 0.29) is 13.0 Å². The Hall–Kier alpha value is -1.83. The van der Waals surface area contributed by atoms with Crippen LogP contribution in [0.25, 0.3) is 0 Å². The van der Waals surface area contributed by atoms with E-state index in [9.17, 15) is 19.5 Å². The number of carbonyl (C=O) groups excluding carboxylic acids is 2. The van der Waals surface area contributed by atoms with Gasteiger partial charge in [-0.25, -0.2) is 9.59 Å². The first-order valence-electron chi connectivity index (χ1n) is 4.84. The van der Waals surface area contributed by atoms with Crippen LogP contribution in [-0.4, -0.2) is 54.0 Å². The summed E-state index contributed by atoms with van der Waals surface area (Å²) in [6.45, 7) is 0.685. The van der Waals surface area contributed by atoms with E-state index in [1.807, 2.05) is 0 Å². The Bertz CT molecular complexity index is 302. The fourth-order valence-corrected chi connectivity index (χ4v) is 0.771. The Morgan fingerprint density at radius 3 is 2.35 bits per heavy atom. The predicted octanol–water partition coefficient (Wildman–Crippen LogP) is -1.32. The van der Waals surface area contributed by atoms with Crippen molar-refractivity contribution in [2.45, 2.75) is 18.9 Å². The number of hydrogen-bond acceptors (Lipinski definition) is 5. The number of amides is 2. The second-order valence-electron chi connectivity index (χ2n) is 3.51. The highest BCUT2D eigenvalue weighted by Crippen LogP contribution is 2.00. The van der Waals surface area contributed by atoms with Gasteiger partial charge in [0.2, 0.25) is 0 Å². The highest BCUT2D eigenvalue weighted by molar-refractivity contribution is 5.79. The molecule has 8 heteroatoms. The lowest BCUT2D eigenvalue weighted by Crippen LogP contribution is -2.49. The topological polar surface area (TPSA) is 125 Å². The fourth-order valence-electron chi connectivity index (χ4n) is 0.771. The molecule has 0 aromatic rings. The summed E-state index contributed by atoms with van der Waals surface area (Å²) < 4.78 is 4.35. The molecular formula is C9H16N2O6. The molecule has 0 aromatic carbocycles. The van der Waals surface area contributed by atoms with Crippen LogP contribution in [-0.2, 0) is 14.3 Å². The molecule has 2 amide bonds. The monoisotopic (exact) mass is 248 g/mol. The molecule has 0 spiro atoms. The third-order valence-corrected chi connectivity index (χ3v) is 1.90. The molecule has 98 valence electrons. The normalized spacial score (nSPS) is 13.4. The van der Waals surface area contributed by atoms with Gasteiger partial charge in [0.05, 0.1) is 20.1 Å². The molecule has 0 aliphatic rings. The number of hydrogen-bond donors (Lipinski definition) is 4. The van der Waals surface area contributed by atoms with Crippen molar-refractivity contribution in [2.24, 2.45) is 0 Å². The molecule has 0 aromatic heterocycles. The third kappa shape index (κ3) is 6.36. The van der Waals surface area contributed by atoms with Crippen LogP contribution < -0.4 is 10.6 Å². The summed E-state index contributed by atoms with van der Waals surface area (Å²) >= 11 is 0. The fraction of sp³-hybridized carbons (Fsp3) is 0.667. The molecule has 0 heterocycles. The summed E-state index contributed by atoms with van der Waals surface area (Å²) in [7, 11) is 1.23. The third-order valence-electron chi connectivity index (χ3n) is 1.90. The van der Waals surface area contributed by atoms with E-state index in [1.165, 1.54) is 7.11 Å². The summed E-state index contributed by atoms with van der Waals surface area (Å²) in [5, 5.41) is 22.3. The number of urea groups is 1. The summed E-state index contributed by atoms with van der Waals surface area (Å²) in [4.78, 5) is 32.3. The van der Waals surface area contributed by atoms with Crippen LogP contribution in [0.4, 0.5) is 4.79 Å². The van der Waals surface area contributed by atoms with E-state index >= 15 is 0 Å². The maximum Gasteiger partial charge on any atom is 0.337 e. The molecule has 0 aliphatic heterocycles. The van der Waals surface area contributed by atoms with Crippen LogP contribution in [0.1, 0.15) is 13.3 Å². The van der Waals surface area contributed by atoms with Gasteiger partial charge in [0.1, 0.15) is 0 Å². The number of rotatable bonds is 6. The van der Waals surface area contributed by atoms with Gasteiger partial charge in [-0.05, 0) is 6.92 Å². The average molecular weight is 248 g/mol. The van der Waals surface area contributed by atoms with E-state index in [2.05, 4.69) is 15.4 Å². The molecule has 0 saturated heterocycles. The highest BCUT2D eigenvalue weighted by Gasteiger charge is 2.30. The average Bonchev–Trinajstić information content (AvgIpc) is 2.26. The van der Waals surface area contributed by atoms with E-state index in [0.29, 0.717) is 0 Å². The molecule has 0 aliphatic carbocycles. The van der Waals surface area contributed by atoms with Gasteiger partial charge < -0.3 is 25.6 Å². The van der Waals surface area contributed by atoms with E-state index in [1.54, 1.807) is 0 Å². The van der Waals surface area contributed by atoms with Crippen molar-refractivity contribution >= 4 is 18.0 Å². The molecule has 0 saturated carbocycles. The zero-order valence-electron chi connectivity index (χ0n) is 9.65. The Morgan fingerprint density at radius 2 is 1.88 bits per heavy atom. The number of carboxylic acid groups (broad SMARTS) is 1. The van der Waals surface area contributed by atoms with E-state index < -0.39 is 30.1 Å². The van der Waals surface area contributed by atoms with Crippen molar-refractivity contribution in [1.82, 2.24) is 10.6 Å². The van der Waals surface area contributed by atoms with Crippen LogP contribution in [0.2, 0.25) is 0 Å². The largest absolute Gasteiger partial charge is 0.479 e. The maximum absolute atomic E-state index is 11.1. The summed E-state index contributed by atoms with van der Waals surface area (Å²) in [6, 6.07) is -0.671. The lowest BCUT2D eigenvalue weighted by Gasteiger charge is -2.18. The Balaban J connectivity index is 3.81. The number of esters is 1. The molecule has 8 nitrogen and oxygen atoms in total. The van der Waals surface area contributed by atoms with Crippen molar-refractivity contribution in [3.63, 3.8) is 0 Å². The minimum atomic E-state index is -2.03. The number of methoxy groups -OCH3 is 1. The molecular weight excluding hydrogens is 232 g/mol. The van der Waals surface area contributed by atoms with Crippen LogP contribution in [0.5, 0.6) is 0 Å². The van der Waals surface area contributed by atoms with Crippen LogP contribution in [0.15, 0.2) is 0 Å². The first-order valence-corrected chi connectivity index (χ1v) is 4.84. The zero-order chi connectivity index (χ0) is 13.5. The molecule has 0 bridgehead atoms. The molecule has 17 heavy (non-hydrogen) atoms. The summed E-state index contributed by atoms with van der Waals surface area (Å²) in [6.07, 6.45) is 0.0131. The number of ether oxygens (including phenoxy) is 1. The van der Waals surface area contributed by atoms with Gasteiger partial charge in [-0.3, -0.25) is 4.79 Å². The Morgan fingerprint density at radius 1 is 1.29 bits per heavy atom. The van der Waals surface area contributed by atoms with Crippen LogP contribution in [0, 0.1) is 0 Å². The Labute approximate surface area is 97.9 Å². The molecule has 0 rings (SSSR count). The quantitative estimate of drug-likeness (QED) is 0.432. The summed E-state index contributed by atoms with van der Waals surface area (Å²) in [5.41, 5.74) is -2.03. The van der Waals surface area contributed by atoms with Crippen molar-refractivity contribution in [2.75, 3.05) is 20.2 Å². The van der Waals surface area contributed by atoms with Gasteiger partial charge in [0.15, 0.2) is 5.60 Å². The summed E-state index contributed by atoms with van der Waals surface area (Å²) in [5.74, 6) is -1.91. The SMILES string of the molecule is COC(=O)CCNC(=O)NCC(C)(O)C(=O)O. The van der Waals surface area contributed by atoms with E-state index in [0.717, 1.165) is 6.92 Å². The zero-order valence-corrected chi connectivity index (χ0v) is 9.65. The van der Waals surface area contributed by atoms with Gasteiger partial charge in [-0.15, -0.1) is 0 Å². The first kappa shape index (κ1) is 15.2. The van der Waals surface area contributed by atoms with Crippen molar-refractivity contribution in [3.8, 4) is 0 Å². The lowest BCUT2D eigenvalue weighted by molar-refractivity contribution is -0.155. The minimum Gasteiger partial charge on any atom is -0.479 e. The van der Waals surface area contributed by atoms with Gasteiger partial charge in [0.25, 0.3) is 0 Å². The number of carbonyl (C=O) groups is 3. The number of carboxylic acids is 1. The molecule has 1 atom stereocenters. The molecule has 0 fully saturated rings. The van der Waals surface area contributed by atoms with Crippen molar-refractivity contribution in [1.29, 1.82) is 0 Å². The predicted molar refractivity (Wildman–Crippen MR) is 56.3 cm³/mol. The molecule has 1 unspecified atom stereocenters. The van der Waals surface area contributed by atoms with Crippen LogP contribution in [0.3, 0.4) is 0 Å². The first-order chi connectivity index (χ1) is 7.79. The van der Waals surface area contributed by atoms with E-state index in [4.69, 9.17) is 5.11 Å². The number of aliphatic carboxylic acids is 1. The van der Waals surface area contributed by atoms with Gasteiger partial charge in [0, 0.05) is 6.54 Å². The van der Waals surface area contributed by atoms with Crippen molar-refractivity contribution in [3.05, 3.63) is 0 Å². The van der Waals surface area contributed by atoms with Crippen LogP contribution >= 0.6 is 0 Å². The lowest BCUT2D eigenvalue weighted by atomic mass is 10.1. The maximum atomic E-state index is 11.1. The standard InChI is InChI=1S/C9H16N2O6/c1-9(16,7(13)14)5-11-8(15)10-4-3-6(12)17-2/h16H,3-5H2,1-2H3,(H,13,14)(H2,10,11,15). The smallest absolute Gasteiger partial charge is 0.337 e. The second kappa shape index (κ2) is 6.69. The highest BCUT2D eigenvalue weighted by atomic mass is 16.5. The van der Waals surface area contributed by atoms with Gasteiger partial charge >= 0.3 is 18.0 Å². The number of aliphatic hydroxyl groups is 1. The van der Waals surface area contributed by atoms with Crippen molar-refractivity contribution < 1.29 is 29.3 Å². The number of nitrogens with one attached hydrogen (secondary N) is 2. The minimum absolute atomic E-state index is 0.0131. The second-order valence-corrected chi connectivity index (χ2v) is 3.51. The Kier molecular flexibility index (Phi) is 5.97. The molecule has 0 radical (unpaired) electrons.